The van der Waals surface area contributed by atoms with E-state index >= 15 is 0 Å². The summed E-state index contributed by atoms with van der Waals surface area (Å²) >= 11 is 5.83. The van der Waals surface area contributed by atoms with Gasteiger partial charge in [0.15, 0.2) is 23.3 Å². The van der Waals surface area contributed by atoms with Crippen molar-refractivity contribution in [2.24, 2.45) is 0 Å². The van der Waals surface area contributed by atoms with Crippen molar-refractivity contribution in [3.05, 3.63) is 32.4 Å². The summed E-state index contributed by atoms with van der Waals surface area (Å²) in [6, 6.07) is 0. The van der Waals surface area contributed by atoms with E-state index in [1.165, 1.54) is 0 Å². The van der Waals surface area contributed by atoms with Crippen LogP contribution in [0.3, 0.4) is 0 Å². The lowest BCUT2D eigenvalue weighted by molar-refractivity contribution is 0.107. The van der Waals surface area contributed by atoms with Crippen LogP contribution in [0.25, 0.3) is 0 Å². The Balaban J connectivity index is 3.68. The first kappa shape index (κ1) is 11.7. The van der Waals surface area contributed by atoms with Gasteiger partial charge in [-0.2, -0.15) is 0 Å². The molecule has 14 heavy (non-hydrogen) atoms. The van der Waals surface area contributed by atoms with Gasteiger partial charge in [0.25, 0.3) is 5.24 Å². The Bertz CT molecular complexity index is 392. The molecule has 0 radical (unpaired) electrons. The number of carbonyl (C=O) groups is 1. The number of hydrogen-bond donors (Lipinski definition) is 0. The summed E-state index contributed by atoms with van der Waals surface area (Å²) in [5, 5.41) is -1.59. The summed E-state index contributed by atoms with van der Waals surface area (Å²) in [7, 11) is 0. The molecule has 1 rings (SSSR count). The van der Waals surface area contributed by atoms with E-state index in [1.54, 1.807) is 0 Å². The Hall–Kier alpha value is -0.370. The van der Waals surface area contributed by atoms with Crippen molar-refractivity contribution >= 4 is 39.4 Å². The minimum absolute atomic E-state index is 0.862. The summed E-state index contributed by atoms with van der Waals surface area (Å²) in [5.41, 5.74) is -1.41. The third-order valence-electron chi connectivity index (χ3n) is 1.41. The monoisotopic (exact) mass is 338 g/mol. The van der Waals surface area contributed by atoms with Gasteiger partial charge >= 0.3 is 0 Å². The minimum atomic E-state index is -1.78. The Labute approximate surface area is 94.2 Å². The van der Waals surface area contributed by atoms with Gasteiger partial charge in [0.2, 0.25) is 0 Å². The summed E-state index contributed by atoms with van der Waals surface area (Å²) in [6.07, 6.45) is 0. The molecule has 0 fully saturated rings. The van der Waals surface area contributed by atoms with E-state index in [1.807, 2.05) is 0 Å². The first-order chi connectivity index (χ1) is 6.37. The third kappa shape index (κ3) is 1.72. The second-order valence-electron chi connectivity index (χ2n) is 2.22. The SMILES string of the molecule is O=C(Cl)c1c(F)c(F)c(I)c(F)c1F. The van der Waals surface area contributed by atoms with Crippen LogP contribution in [0.1, 0.15) is 10.4 Å². The molecule has 0 aromatic heterocycles. The zero-order valence-corrected chi connectivity index (χ0v) is 9.09. The van der Waals surface area contributed by atoms with Crippen molar-refractivity contribution in [3.63, 3.8) is 0 Å². The molecule has 1 aromatic rings. The van der Waals surface area contributed by atoms with Crippen LogP contribution >= 0.6 is 34.2 Å². The standard InChI is InChI=1S/C7ClF4IO/c8-7(14)1-2(9)4(11)6(13)5(12)3(1)10. The number of carbonyl (C=O) groups excluding carboxylic acids is 1. The highest BCUT2D eigenvalue weighted by Crippen LogP contribution is 2.26. The summed E-state index contributed by atoms with van der Waals surface area (Å²) in [6.45, 7) is 0. The van der Waals surface area contributed by atoms with Gasteiger partial charge in [0, 0.05) is 0 Å². The molecule has 0 unspecified atom stereocenters. The normalized spacial score (nSPS) is 10.4. The van der Waals surface area contributed by atoms with E-state index in [-0.39, 0.29) is 0 Å². The predicted molar refractivity (Wildman–Crippen MR) is 49.2 cm³/mol. The highest BCUT2D eigenvalue weighted by Gasteiger charge is 2.27. The van der Waals surface area contributed by atoms with Crippen molar-refractivity contribution in [2.75, 3.05) is 0 Å². The predicted octanol–water partition coefficient (Wildman–Crippen LogP) is 3.23. The van der Waals surface area contributed by atoms with Crippen LogP contribution in [0.4, 0.5) is 17.6 Å². The number of halogens is 6. The van der Waals surface area contributed by atoms with Gasteiger partial charge in [0.05, 0.1) is 3.57 Å². The van der Waals surface area contributed by atoms with Crippen LogP contribution in [0.15, 0.2) is 0 Å². The summed E-state index contributed by atoms with van der Waals surface area (Å²) in [5.74, 6) is -6.83. The van der Waals surface area contributed by atoms with E-state index < -0.39 is 37.6 Å². The lowest BCUT2D eigenvalue weighted by Crippen LogP contribution is -2.08. The van der Waals surface area contributed by atoms with Crippen molar-refractivity contribution < 1.29 is 22.4 Å². The molecule has 0 bridgehead atoms. The zero-order chi connectivity index (χ0) is 11.0. The van der Waals surface area contributed by atoms with Crippen LogP contribution in [-0.4, -0.2) is 5.24 Å². The molecular formula is C7ClF4IO. The molecule has 0 aliphatic carbocycles. The number of rotatable bonds is 1. The van der Waals surface area contributed by atoms with Gasteiger partial charge in [-0.3, -0.25) is 4.79 Å². The van der Waals surface area contributed by atoms with Crippen molar-refractivity contribution in [1.29, 1.82) is 0 Å². The first-order valence-corrected chi connectivity index (χ1v) is 4.54. The van der Waals surface area contributed by atoms with Crippen molar-refractivity contribution in [2.45, 2.75) is 0 Å². The van der Waals surface area contributed by atoms with Gasteiger partial charge in [-0.15, -0.1) is 0 Å². The Morgan fingerprint density at radius 1 is 1.00 bits per heavy atom. The molecule has 0 aliphatic heterocycles. The molecule has 0 saturated heterocycles. The molecular weight excluding hydrogens is 338 g/mol. The third-order valence-corrected chi connectivity index (χ3v) is 2.54. The zero-order valence-electron chi connectivity index (χ0n) is 6.18. The fourth-order valence-corrected chi connectivity index (χ4v) is 1.42. The van der Waals surface area contributed by atoms with E-state index in [9.17, 15) is 22.4 Å². The molecule has 76 valence electrons. The fraction of sp³-hybridized carbons (Fsp3) is 0. The van der Waals surface area contributed by atoms with Gasteiger partial charge in [0.1, 0.15) is 5.56 Å². The first-order valence-electron chi connectivity index (χ1n) is 3.09. The molecule has 0 amide bonds. The van der Waals surface area contributed by atoms with E-state index in [2.05, 4.69) is 0 Å². The Morgan fingerprint density at radius 3 is 1.64 bits per heavy atom. The molecule has 0 N–H and O–H groups in total. The maximum atomic E-state index is 12.9. The molecule has 1 nitrogen and oxygen atoms in total. The highest BCUT2D eigenvalue weighted by molar-refractivity contribution is 14.1. The summed E-state index contributed by atoms with van der Waals surface area (Å²) < 4.78 is 50.4. The number of benzene rings is 1. The number of hydrogen-bond acceptors (Lipinski definition) is 1. The van der Waals surface area contributed by atoms with Gasteiger partial charge in [-0.05, 0) is 34.2 Å². The smallest absolute Gasteiger partial charge is 0.258 e. The molecule has 0 aliphatic rings. The van der Waals surface area contributed by atoms with Gasteiger partial charge < -0.3 is 0 Å². The van der Waals surface area contributed by atoms with Gasteiger partial charge in [-0.1, -0.05) is 0 Å². The average molecular weight is 338 g/mol. The van der Waals surface area contributed by atoms with Crippen molar-refractivity contribution in [3.8, 4) is 0 Å². The van der Waals surface area contributed by atoms with Crippen LogP contribution in [0.5, 0.6) is 0 Å². The molecule has 0 atom stereocenters. The topological polar surface area (TPSA) is 17.1 Å². The second kappa shape index (κ2) is 4.01. The van der Waals surface area contributed by atoms with E-state index in [0.717, 1.165) is 22.6 Å². The fourth-order valence-electron chi connectivity index (χ4n) is 0.777. The highest BCUT2D eigenvalue weighted by atomic mass is 127. The maximum absolute atomic E-state index is 12.9. The van der Waals surface area contributed by atoms with Crippen LogP contribution in [-0.2, 0) is 0 Å². The van der Waals surface area contributed by atoms with Crippen LogP contribution in [0, 0.1) is 26.8 Å². The molecule has 0 spiro atoms. The minimum Gasteiger partial charge on any atom is -0.275 e. The van der Waals surface area contributed by atoms with E-state index in [0.29, 0.717) is 0 Å². The van der Waals surface area contributed by atoms with Gasteiger partial charge in [-0.25, -0.2) is 17.6 Å². The largest absolute Gasteiger partial charge is 0.275 e. The molecule has 7 heteroatoms. The quantitative estimate of drug-likeness (QED) is 0.253. The van der Waals surface area contributed by atoms with Crippen LogP contribution < -0.4 is 0 Å². The van der Waals surface area contributed by atoms with E-state index in [4.69, 9.17) is 11.6 Å². The summed E-state index contributed by atoms with van der Waals surface area (Å²) in [4.78, 5) is 10.5. The second-order valence-corrected chi connectivity index (χ2v) is 3.64. The Morgan fingerprint density at radius 2 is 1.36 bits per heavy atom. The van der Waals surface area contributed by atoms with Crippen molar-refractivity contribution in [1.82, 2.24) is 0 Å². The maximum Gasteiger partial charge on any atom is 0.258 e. The molecule has 0 saturated carbocycles. The Kier molecular flexibility index (Phi) is 3.36. The molecule has 1 aromatic carbocycles. The lowest BCUT2D eigenvalue weighted by Gasteiger charge is -2.04. The van der Waals surface area contributed by atoms with Crippen LogP contribution in [0.2, 0.25) is 0 Å². The lowest BCUT2D eigenvalue weighted by atomic mass is 10.2. The molecule has 0 heterocycles. The average Bonchev–Trinajstić information content (AvgIpc) is 2.11.